The van der Waals surface area contributed by atoms with Gasteiger partial charge in [0.1, 0.15) is 5.82 Å². The van der Waals surface area contributed by atoms with Gasteiger partial charge in [0.2, 0.25) is 5.91 Å². The molecule has 1 aliphatic rings. The predicted octanol–water partition coefficient (Wildman–Crippen LogP) is 2.91. The lowest BCUT2D eigenvalue weighted by Gasteiger charge is -2.27. The van der Waals surface area contributed by atoms with Gasteiger partial charge in [-0.25, -0.2) is 4.39 Å². The monoisotopic (exact) mass is 299 g/mol. The highest BCUT2D eigenvalue weighted by molar-refractivity contribution is 6.30. The zero-order valence-corrected chi connectivity index (χ0v) is 11.5. The summed E-state index contributed by atoms with van der Waals surface area (Å²) in [6.45, 7) is 0. The van der Waals surface area contributed by atoms with Crippen molar-refractivity contribution >= 4 is 23.5 Å². The van der Waals surface area contributed by atoms with Gasteiger partial charge in [0.25, 0.3) is 0 Å². The molecule has 1 unspecified atom stereocenters. The number of aliphatic carboxylic acids is 1. The maximum absolute atomic E-state index is 13.5. The van der Waals surface area contributed by atoms with E-state index in [2.05, 4.69) is 5.32 Å². The number of halogens is 2. The van der Waals surface area contributed by atoms with Crippen molar-refractivity contribution in [3.8, 4) is 0 Å². The zero-order valence-electron chi connectivity index (χ0n) is 10.7. The standard InChI is InChI=1S/C14H15ClFNO3/c15-10-5-4-9(6-11(10)16)12(7-13(18)19)17-14(20)8-2-1-3-8/h4-6,8,12H,1-3,7H2,(H,17,20)(H,18,19). The van der Waals surface area contributed by atoms with E-state index in [0.717, 1.165) is 25.3 Å². The van der Waals surface area contributed by atoms with Crippen LogP contribution in [-0.4, -0.2) is 17.0 Å². The zero-order chi connectivity index (χ0) is 14.7. The number of amides is 1. The number of hydrogen-bond donors (Lipinski definition) is 2. The minimum Gasteiger partial charge on any atom is -0.481 e. The molecule has 0 spiro atoms. The second-order valence-corrected chi connectivity index (χ2v) is 5.37. The third kappa shape index (κ3) is 3.48. The van der Waals surface area contributed by atoms with Crippen LogP contribution in [0.3, 0.4) is 0 Å². The highest BCUT2D eigenvalue weighted by Gasteiger charge is 2.28. The van der Waals surface area contributed by atoms with Crippen molar-refractivity contribution in [1.82, 2.24) is 5.32 Å². The number of rotatable bonds is 5. The average Bonchev–Trinajstić information content (AvgIpc) is 2.29. The number of carboxylic acid groups (broad SMARTS) is 1. The predicted molar refractivity (Wildman–Crippen MR) is 71.9 cm³/mol. The Balaban J connectivity index is 2.15. The van der Waals surface area contributed by atoms with Crippen molar-refractivity contribution < 1.29 is 19.1 Å². The van der Waals surface area contributed by atoms with Crippen LogP contribution in [0.15, 0.2) is 18.2 Å². The van der Waals surface area contributed by atoms with Gasteiger partial charge in [-0.1, -0.05) is 24.1 Å². The molecule has 1 fully saturated rings. The van der Waals surface area contributed by atoms with Gasteiger partial charge in [-0.15, -0.1) is 0 Å². The van der Waals surface area contributed by atoms with Gasteiger partial charge in [-0.05, 0) is 30.5 Å². The highest BCUT2D eigenvalue weighted by atomic mass is 35.5. The third-order valence-electron chi connectivity index (χ3n) is 3.52. The summed E-state index contributed by atoms with van der Waals surface area (Å²) in [4.78, 5) is 22.8. The first-order chi connectivity index (χ1) is 9.47. The number of carboxylic acids is 1. The quantitative estimate of drug-likeness (QED) is 0.878. The van der Waals surface area contributed by atoms with Gasteiger partial charge in [0.05, 0.1) is 17.5 Å². The van der Waals surface area contributed by atoms with Crippen LogP contribution in [0.25, 0.3) is 0 Å². The van der Waals surface area contributed by atoms with Gasteiger partial charge in [0.15, 0.2) is 0 Å². The Kier molecular flexibility index (Phi) is 4.60. The molecule has 2 rings (SSSR count). The largest absolute Gasteiger partial charge is 0.481 e. The molecule has 1 saturated carbocycles. The first-order valence-electron chi connectivity index (χ1n) is 6.44. The maximum Gasteiger partial charge on any atom is 0.305 e. The lowest BCUT2D eigenvalue weighted by atomic mass is 9.84. The molecule has 0 bridgehead atoms. The van der Waals surface area contributed by atoms with Crippen molar-refractivity contribution in [3.05, 3.63) is 34.6 Å². The Morgan fingerprint density at radius 3 is 2.65 bits per heavy atom. The van der Waals surface area contributed by atoms with Crippen LogP contribution in [0.1, 0.15) is 37.3 Å². The topological polar surface area (TPSA) is 66.4 Å². The van der Waals surface area contributed by atoms with E-state index in [1.165, 1.54) is 12.1 Å². The SMILES string of the molecule is O=C(O)CC(NC(=O)C1CCC1)c1ccc(Cl)c(F)c1. The highest BCUT2D eigenvalue weighted by Crippen LogP contribution is 2.28. The molecule has 20 heavy (non-hydrogen) atoms. The van der Waals surface area contributed by atoms with Crippen LogP contribution in [0.2, 0.25) is 5.02 Å². The van der Waals surface area contributed by atoms with E-state index in [4.69, 9.17) is 16.7 Å². The normalized spacial score (nSPS) is 16.3. The summed E-state index contributed by atoms with van der Waals surface area (Å²) in [5.41, 5.74) is 0.405. The Hall–Kier alpha value is -1.62. The second kappa shape index (κ2) is 6.22. The van der Waals surface area contributed by atoms with E-state index in [1.807, 2.05) is 0 Å². The lowest BCUT2D eigenvalue weighted by molar-refractivity contribution is -0.138. The van der Waals surface area contributed by atoms with Gasteiger partial charge >= 0.3 is 5.97 Å². The summed E-state index contributed by atoms with van der Waals surface area (Å²) < 4.78 is 13.5. The average molecular weight is 300 g/mol. The van der Waals surface area contributed by atoms with Crippen LogP contribution >= 0.6 is 11.6 Å². The van der Waals surface area contributed by atoms with Crippen molar-refractivity contribution in [3.63, 3.8) is 0 Å². The number of nitrogens with one attached hydrogen (secondary N) is 1. The molecule has 0 aromatic heterocycles. The van der Waals surface area contributed by atoms with E-state index in [-0.39, 0.29) is 23.3 Å². The third-order valence-corrected chi connectivity index (χ3v) is 3.82. The minimum atomic E-state index is -1.06. The molecule has 1 atom stereocenters. The van der Waals surface area contributed by atoms with Crippen molar-refractivity contribution in [1.29, 1.82) is 0 Å². The van der Waals surface area contributed by atoms with Crippen LogP contribution in [-0.2, 0) is 9.59 Å². The van der Waals surface area contributed by atoms with Crippen LogP contribution in [0, 0.1) is 11.7 Å². The molecule has 0 saturated heterocycles. The minimum absolute atomic E-state index is 0.0341. The number of benzene rings is 1. The Morgan fingerprint density at radius 2 is 2.15 bits per heavy atom. The van der Waals surface area contributed by atoms with Crippen molar-refractivity contribution in [2.45, 2.75) is 31.7 Å². The lowest BCUT2D eigenvalue weighted by Crippen LogP contribution is -2.37. The molecule has 1 aromatic rings. The fraction of sp³-hybridized carbons (Fsp3) is 0.429. The van der Waals surface area contributed by atoms with Crippen molar-refractivity contribution in [2.24, 2.45) is 5.92 Å². The molecular formula is C14H15ClFNO3. The molecule has 6 heteroatoms. The first kappa shape index (κ1) is 14.8. The van der Waals surface area contributed by atoms with Crippen molar-refractivity contribution in [2.75, 3.05) is 0 Å². The summed E-state index contributed by atoms with van der Waals surface area (Å²) in [5, 5.41) is 11.6. The fourth-order valence-electron chi connectivity index (χ4n) is 2.12. The molecular weight excluding hydrogens is 285 g/mol. The van der Waals surface area contributed by atoms with E-state index in [1.54, 1.807) is 0 Å². The van der Waals surface area contributed by atoms with Gasteiger partial charge in [-0.2, -0.15) is 0 Å². The van der Waals surface area contributed by atoms with Crippen LogP contribution in [0.4, 0.5) is 4.39 Å². The Morgan fingerprint density at radius 1 is 1.45 bits per heavy atom. The molecule has 0 aliphatic heterocycles. The van der Waals surface area contributed by atoms with E-state index in [0.29, 0.717) is 5.56 Å². The van der Waals surface area contributed by atoms with E-state index >= 15 is 0 Å². The molecule has 2 N–H and O–H groups in total. The summed E-state index contributed by atoms with van der Waals surface area (Å²) in [5.74, 6) is -1.90. The molecule has 0 radical (unpaired) electrons. The summed E-state index contributed by atoms with van der Waals surface area (Å²) in [7, 11) is 0. The molecule has 1 aliphatic carbocycles. The van der Waals surface area contributed by atoms with Gasteiger partial charge in [0, 0.05) is 5.92 Å². The van der Waals surface area contributed by atoms with E-state index in [9.17, 15) is 14.0 Å². The Bertz CT molecular complexity index is 531. The smallest absolute Gasteiger partial charge is 0.305 e. The fourth-order valence-corrected chi connectivity index (χ4v) is 2.23. The van der Waals surface area contributed by atoms with Crippen LogP contribution in [0.5, 0.6) is 0 Å². The summed E-state index contributed by atoms with van der Waals surface area (Å²) in [6.07, 6.45) is 2.36. The maximum atomic E-state index is 13.5. The van der Waals surface area contributed by atoms with Gasteiger partial charge < -0.3 is 10.4 Å². The second-order valence-electron chi connectivity index (χ2n) is 4.96. The van der Waals surface area contributed by atoms with E-state index < -0.39 is 17.8 Å². The first-order valence-corrected chi connectivity index (χ1v) is 6.82. The molecule has 108 valence electrons. The summed E-state index contributed by atoms with van der Waals surface area (Å²) in [6, 6.07) is 3.31. The Labute approximate surface area is 120 Å². The summed E-state index contributed by atoms with van der Waals surface area (Å²) >= 11 is 5.60. The number of hydrogen-bond acceptors (Lipinski definition) is 2. The molecule has 1 aromatic carbocycles. The van der Waals surface area contributed by atoms with Gasteiger partial charge in [-0.3, -0.25) is 9.59 Å². The van der Waals surface area contributed by atoms with Crippen LogP contribution < -0.4 is 5.32 Å². The number of carbonyl (C=O) groups is 2. The molecule has 1 amide bonds. The number of carbonyl (C=O) groups excluding carboxylic acids is 1. The molecule has 0 heterocycles. The molecule has 4 nitrogen and oxygen atoms in total.